The molecule has 0 saturated carbocycles. The largest absolute Gasteiger partial charge is 0.354 e. The zero-order valence-electron chi connectivity index (χ0n) is 14.9. The van der Waals surface area contributed by atoms with Crippen molar-refractivity contribution in [3.05, 3.63) is 84.0 Å². The highest BCUT2D eigenvalue weighted by Crippen LogP contribution is 2.13. The third-order valence-corrected chi connectivity index (χ3v) is 4.28. The van der Waals surface area contributed by atoms with Crippen LogP contribution in [0.1, 0.15) is 22.8 Å². The van der Waals surface area contributed by atoms with Crippen LogP contribution in [0.4, 0.5) is 0 Å². The lowest BCUT2D eigenvalue weighted by Gasteiger charge is -1.83. The first-order valence-electron chi connectivity index (χ1n) is 8.88. The first kappa shape index (κ1) is 16.1. The summed E-state index contributed by atoms with van der Waals surface area (Å²) in [5.74, 6) is 0. The Hall–Kier alpha value is -4.06. The van der Waals surface area contributed by atoms with E-state index in [0.29, 0.717) is 0 Å². The molecule has 2 aliphatic rings. The Labute approximate surface area is 160 Å². The Morgan fingerprint density at radius 1 is 0.464 bits per heavy atom. The Balaban J connectivity index is 1.71. The fourth-order valence-corrected chi connectivity index (χ4v) is 2.98. The van der Waals surface area contributed by atoms with Crippen LogP contribution in [-0.4, -0.2) is 29.9 Å². The van der Waals surface area contributed by atoms with Gasteiger partial charge in [0.2, 0.25) is 0 Å². The molecule has 0 amide bonds. The van der Waals surface area contributed by atoms with Gasteiger partial charge in [0.15, 0.2) is 0 Å². The van der Waals surface area contributed by atoms with E-state index in [0.717, 1.165) is 44.8 Å². The van der Waals surface area contributed by atoms with Crippen LogP contribution in [0.3, 0.4) is 0 Å². The van der Waals surface area contributed by atoms with Crippen LogP contribution in [0.5, 0.6) is 0 Å². The third kappa shape index (κ3) is 3.57. The standard InChI is InChI=1S/C22H16N6/c1-5-19-11-23-12-21-7-3-17(27-21)10-18-4-8-22(28-18)14-24-13-20-6-2-16(26-20)9-15(1)25-19/h1-14,25,27H. The molecule has 0 atom stereocenters. The normalized spacial score (nSPS) is 12.0. The number of hydrogen-bond acceptors (Lipinski definition) is 4. The molecule has 3 aromatic heterocycles. The van der Waals surface area contributed by atoms with Gasteiger partial charge in [0, 0.05) is 11.0 Å². The molecule has 6 heteroatoms. The maximum Gasteiger partial charge on any atom is 0.0820 e. The molecular formula is C22H16N6. The molecule has 0 unspecified atom stereocenters. The maximum absolute atomic E-state index is 4.55. The molecule has 5 rings (SSSR count). The number of rotatable bonds is 0. The summed E-state index contributed by atoms with van der Waals surface area (Å²) in [4.78, 5) is 24.4. The molecule has 2 aliphatic heterocycles. The SMILES string of the molecule is C1=Cc2cc3ccc(cncc4ccc(cc5nc(cncc1n2)C=C5)[nH]4)[nH]3. The summed E-state index contributed by atoms with van der Waals surface area (Å²) < 4.78 is 0. The molecule has 8 bridgehead atoms. The van der Waals surface area contributed by atoms with E-state index < -0.39 is 0 Å². The quantitative estimate of drug-likeness (QED) is 0.422. The van der Waals surface area contributed by atoms with Gasteiger partial charge in [-0.1, -0.05) is 0 Å². The van der Waals surface area contributed by atoms with Gasteiger partial charge in [-0.15, -0.1) is 0 Å². The molecule has 2 N–H and O–H groups in total. The predicted molar refractivity (Wildman–Crippen MR) is 112 cm³/mol. The molecule has 134 valence electrons. The van der Waals surface area contributed by atoms with Crippen molar-refractivity contribution in [2.24, 2.45) is 0 Å². The highest BCUT2D eigenvalue weighted by atomic mass is 14.8. The average molecular weight is 364 g/mol. The van der Waals surface area contributed by atoms with Gasteiger partial charge < -0.3 is 9.97 Å². The van der Waals surface area contributed by atoms with E-state index in [1.807, 2.05) is 60.7 Å². The number of fused-ring (bicyclic) bond motifs is 8. The van der Waals surface area contributed by atoms with Gasteiger partial charge in [-0.3, -0.25) is 9.97 Å². The second-order valence-electron chi connectivity index (χ2n) is 6.43. The van der Waals surface area contributed by atoms with Crippen LogP contribution in [0.25, 0.3) is 46.4 Å². The molecular weight excluding hydrogens is 348 g/mol. The highest BCUT2D eigenvalue weighted by Gasteiger charge is 1.99. The van der Waals surface area contributed by atoms with E-state index in [1.165, 1.54) is 0 Å². The van der Waals surface area contributed by atoms with Crippen molar-refractivity contribution in [2.45, 2.75) is 0 Å². The molecule has 0 aromatic carbocycles. The monoisotopic (exact) mass is 364 g/mol. The number of nitrogens with zero attached hydrogens (tertiary/aromatic N) is 4. The number of nitrogens with one attached hydrogen (secondary N) is 2. The van der Waals surface area contributed by atoms with Crippen LogP contribution in [0.15, 0.2) is 61.2 Å². The van der Waals surface area contributed by atoms with Crippen LogP contribution in [0.2, 0.25) is 0 Å². The van der Waals surface area contributed by atoms with Crippen molar-refractivity contribution in [1.82, 2.24) is 29.9 Å². The zero-order valence-corrected chi connectivity index (χ0v) is 14.9. The molecule has 3 aromatic rings. The first-order chi connectivity index (χ1) is 13.8. The maximum atomic E-state index is 4.55. The van der Waals surface area contributed by atoms with Gasteiger partial charge in [-0.2, -0.15) is 0 Å². The average Bonchev–Trinajstić information content (AvgIpc) is 3.46. The zero-order chi connectivity index (χ0) is 18.8. The van der Waals surface area contributed by atoms with Crippen molar-refractivity contribution in [3.63, 3.8) is 0 Å². The van der Waals surface area contributed by atoms with Crippen LogP contribution in [-0.2, 0) is 0 Å². The smallest absolute Gasteiger partial charge is 0.0820 e. The van der Waals surface area contributed by atoms with E-state index in [-0.39, 0.29) is 0 Å². The summed E-state index contributed by atoms with van der Waals surface area (Å²) in [6, 6.07) is 11.9. The van der Waals surface area contributed by atoms with Gasteiger partial charge in [0.25, 0.3) is 0 Å². The van der Waals surface area contributed by atoms with Gasteiger partial charge in [-0.25, -0.2) is 9.97 Å². The van der Waals surface area contributed by atoms with Crippen molar-refractivity contribution in [1.29, 1.82) is 0 Å². The summed E-state index contributed by atoms with van der Waals surface area (Å²) in [7, 11) is 0. The van der Waals surface area contributed by atoms with Gasteiger partial charge in [-0.05, 0) is 60.7 Å². The summed E-state index contributed by atoms with van der Waals surface area (Å²) in [5.41, 5.74) is 7.13. The van der Waals surface area contributed by atoms with E-state index in [9.17, 15) is 0 Å². The van der Waals surface area contributed by atoms with E-state index in [4.69, 9.17) is 0 Å². The first-order valence-corrected chi connectivity index (χ1v) is 8.88. The van der Waals surface area contributed by atoms with Gasteiger partial charge in [0.05, 0.1) is 58.6 Å². The molecule has 0 radical (unpaired) electrons. The molecule has 6 nitrogen and oxygen atoms in total. The third-order valence-electron chi connectivity index (χ3n) is 4.28. The molecule has 0 spiro atoms. The summed E-state index contributed by atoms with van der Waals surface area (Å²) in [6.07, 6.45) is 14.8. The van der Waals surface area contributed by atoms with Crippen molar-refractivity contribution < 1.29 is 0 Å². The Bertz CT molecular complexity index is 1230. The van der Waals surface area contributed by atoms with E-state index >= 15 is 0 Å². The summed E-state index contributed by atoms with van der Waals surface area (Å²) >= 11 is 0. The van der Waals surface area contributed by atoms with Crippen molar-refractivity contribution >= 4 is 46.4 Å². The van der Waals surface area contributed by atoms with Crippen LogP contribution < -0.4 is 0 Å². The number of H-pyrrole nitrogens is 2. The lowest BCUT2D eigenvalue weighted by Crippen LogP contribution is -1.76. The second-order valence-corrected chi connectivity index (χ2v) is 6.43. The number of aromatic amines is 2. The number of aromatic nitrogens is 6. The molecule has 28 heavy (non-hydrogen) atoms. The highest BCUT2D eigenvalue weighted by molar-refractivity contribution is 5.73. The van der Waals surface area contributed by atoms with Crippen LogP contribution in [0, 0.1) is 0 Å². The Morgan fingerprint density at radius 3 is 1.43 bits per heavy atom. The predicted octanol–water partition coefficient (Wildman–Crippen LogP) is 4.57. The van der Waals surface area contributed by atoms with Crippen LogP contribution >= 0.6 is 0 Å². The van der Waals surface area contributed by atoms with Gasteiger partial charge in [0.1, 0.15) is 0 Å². The van der Waals surface area contributed by atoms with Gasteiger partial charge >= 0.3 is 0 Å². The van der Waals surface area contributed by atoms with Crippen molar-refractivity contribution in [3.8, 4) is 0 Å². The second kappa shape index (κ2) is 6.92. The molecule has 0 fully saturated rings. The van der Waals surface area contributed by atoms with Crippen molar-refractivity contribution in [2.75, 3.05) is 0 Å². The Kier molecular flexibility index (Phi) is 3.99. The number of hydrogen-bond donors (Lipinski definition) is 2. The van der Waals surface area contributed by atoms with E-state index in [1.54, 1.807) is 24.8 Å². The fraction of sp³-hybridized carbons (Fsp3) is 0. The summed E-state index contributed by atoms with van der Waals surface area (Å²) in [6.45, 7) is 0. The van der Waals surface area contributed by atoms with E-state index in [2.05, 4.69) is 29.9 Å². The minimum absolute atomic E-state index is 0.803. The summed E-state index contributed by atoms with van der Waals surface area (Å²) in [5, 5.41) is 0. The topological polar surface area (TPSA) is 83.1 Å². The molecule has 0 aliphatic carbocycles. The fourth-order valence-electron chi connectivity index (χ4n) is 2.98. The molecule has 0 saturated heterocycles. The molecule has 5 heterocycles. The Morgan fingerprint density at radius 2 is 0.893 bits per heavy atom. The lowest BCUT2D eigenvalue weighted by molar-refractivity contribution is 1.22. The minimum Gasteiger partial charge on any atom is -0.354 e. The minimum atomic E-state index is 0.803. The lowest BCUT2D eigenvalue weighted by atomic mass is 10.3.